The lowest BCUT2D eigenvalue weighted by atomic mass is 10.0. The summed E-state index contributed by atoms with van der Waals surface area (Å²) in [4.78, 5) is 33.3. The van der Waals surface area contributed by atoms with Crippen LogP contribution in [0.1, 0.15) is 68.2 Å². The molecule has 0 fully saturated rings. The Labute approximate surface area is 146 Å². The third-order valence-electron chi connectivity index (χ3n) is 2.80. The zero-order valence-corrected chi connectivity index (χ0v) is 16.4. The topological polar surface area (TPSA) is 89.2 Å². The molecule has 0 aliphatic heterocycles. The molecule has 0 heterocycles. The van der Waals surface area contributed by atoms with Gasteiger partial charge >= 0.3 is 5.97 Å². The molecule has 1 unspecified atom stereocenters. The van der Waals surface area contributed by atoms with Gasteiger partial charge in [0.25, 0.3) is 0 Å². The Balaban J connectivity index is 4.79. The van der Waals surface area contributed by atoms with Crippen molar-refractivity contribution in [1.82, 2.24) is 0 Å². The second-order valence-electron chi connectivity index (χ2n) is 7.86. The van der Waals surface area contributed by atoms with Crippen LogP contribution in [0.25, 0.3) is 0 Å². The van der Waals surface area contributed by atoms with E-state index >= 15 is 0 Å². The molecule has 7 nitrogen and oxygen atoms in total. The summed E-state index contributed by atoms with van der Waals surface area (Å²) < 4.78 is 5.15. The lowest BCUT2D eigenvalue weighted by molar-refractivity contribution is -0.505. The number of ether oxygens (including phenoxy) is 1. The van der Waals surface area contributed by atoms with Gasteiger partial charge in [-0.25, -0.2) is 19.6 Å². The molecule has 2 atom stereocenters. The van der Waals surface area contributed by atoms with E-state index in [-0.39, 0.29) is 0 Å². The van der Waals surface area contributed by atoms with Crippen LogP contribution in [0.4, 0.5) is 0 Å². The molecule has 144 valence electrons. The maximum absolute atomic E-state index is 12.0. The van der Waals surface area contributed by atoms with Gasteiger partial charge in [-0.15, -0.1) is 0 Å². The van der Waals surface area contributed by atoms with Gasteiger partial charge in [0.1, 0.15) is 6.04 Å². The highest BCUT2D eigenvalue weighted by atomic mass is 17.3. The van der Waals surface area contributed by atoms with E-state index in [0.717, 1.165) is 12.8 Å². The highest BCUT2D eigenvalue weighted by Crippen LogP contribution is 2.20. The van der Waals surface area contributed by atoms with Gasteiger partial charge in [-0.1, -0.05) is 20.3 Å². The van der Waals surface area contributed by atoms with Crippen molar-refractivity contribution >= 4 is 5.97 Å². The van der Waals surface area contributed by atoms with Gasteiger partial charge in [0.15, 0.2) is 0 Å². The van der Waals surface area contributed by atoms with Crippen molar-refractivity contribution in [2.45, 2.75) is 91.8 Å². The van der Waals surface area contributed by atoms with Crippen LogP contribution in [0.2, 0.25) is 0 Å². The molecular formula is C17H35NO6. The third-order valence-corrected chi connectivity index (χ3v) is 2.80. The van der Waals surface area contributed by atoms with Gasteiger partial charge in [-0.3, -0.25) is 4.79 Å². The lowest BCUT2D eigenvalue weighted by Gasteiger charge is -2.30. The van der Waals surface area contributed by atoms with Gasteiger partial charge in [0, 0.05) is 5.92 Å². The molecule has 0 saturated carbocycles. The Morgan fingerprint density at radius 2 is 1.46 bits per heavy atom. The van der Waals surface area contributed by atoms with Crippen LogP contribution in [-0.4, -0.2) is 36.1 Å². The molecule has 0 saturated heterocycles. The second kappa shape index (κ2) is 10.3. The summed E-state index contributed by atoms with van der Waals surface area (Å²) in [5, 5.41) is 0. The Hall–Kier alpha value is -0.730. The first-order chi connectivity index (χ1) is 10.9. The first-order valence-corrected chi connectivity index (χ1v) is 8.48. The van der Waals surface area contributed by atoms with E-state index in [1.165, 1.54) is 0 Å². The number of hydrogen-bond acceptors (Lipinski definition) is 7. The average molecular weight is 349 g/mol. The molecule has 24 heavy (non-hydrogen) atoms. The minimum Gasteiger partial charge on any atom is -0.465 e. The van der Waals surface area contributed by atoms with Crippen molar-refractivity contribution in [3.63, 3.8) is 0 Å². The van der Waals surface area contributed by atoms with Crippen LogP contribution in [-0.2, 0) is 29.1 Å². The van der Waals surface area contributed by atoms with E-state index in [2.05, 4.69) is 0 Å². The first kappa shape index (κ1) is 23.3. The minimum absolute atomic E-state index is 0.346. The van der Waals surface area contributed by atoms with E-state index in [0.29, 0.717) is 6.61 Å². The maximum atomic E-state index is 12.0. The molecular weight excluding hydrogens is 314 g/mol. The number of unbranched alkanes of at least 4 members (excludes halogenated alkanes) is 1. The van der Waals surface area contributed by atoms with E-state index in [1.807, 2.05) is 48.5 Å². The highest BCUT2D eigenvalue weighted by molar-refractivity contribution is 5.75. The quantitative estimate of drug-likeness (QED) is 0.213. The Kier molecular flexibility index (Phi) is 9.99. The summed E-state index contributed by atoms with van der Waals surface area (Å²) in [5.41, 5.74) is 4.88. The fourth-order valence-corrected chi connectivity index (χ4v) is 1.37. The predicted molar refractivity (Wildman–Crippen MR) is 90.6 cm³/mol. The molecule has 2 N–H and O–H groups in total. The minimum atomic E-state index is -0.975. The largest absolute Gasteiger partial charge is 0.465 e. The molecule has 0 aliphatic rings. The molecule has 0 rings (SSSR count). The van der Waals surface area contributed by atoms with Crippen molar-refractivity contribution in [3.8, 4) is 0 Å². The van der Waals surface area contributed by atoms with Crippen molar-refractivity contribution < 1.29 is 29.1 Å². The Morgan fingerprint density at radius 1 is 1.00 bits per heavy atom. The Morgan fingerprint density at radius 3 is 1.83 bits per heavy atom. The molecule has 0 radical (unpaired) electrons. The molecule has 0 spiro atoms. The number of rotatable bonds is 10. The predicted octanol–water partition coefficient (Wildman–Crippen LogP) is 3.11. The molecule has 0 amide bonds. The number of hydrogen-bond donors (Lipinski definition) is 1. The molecule has 0 aromatic rings. The van der Waals surface area contributed by atoms with E-state index in [1.54, 1.807) is 6.92 Å². The SMILES string of the molecule is CCCCOC(=O)[C@@H](N)C(C)C(OOC(C)(C)C)OOC(C)(C)C. The van der Waals surface area contributed by atoms with Crippen molar-refractivity contribution in [2.24, 2.45) is 11.7 Å². The summed E-state index contributed by atoms with van der Waals surface area (Å²) in [7, 11) is 0. The van der Waals surface area contributed by atoms with Crippen molar-refractivity contribution in [3.05, 3.63) is 0 Å². The monoisotopic (exact) mass is 349 g/mol. The molecule has 0 aromatic heterocycles. The standard InChI is InChI=1S/C17H35NO6/c1-9-10-11-20-14(19)13(18)12(2)15(21-23-16(3,4)5)22-24-17(6,7)8/h12-13,15H,9-11,18H2,1-8H3/t12?,13-/m0/s1. The van der Waals surface area contributed by atoms with Crippen LogP contribution >= 0.6 is 0 Å². The normalized spacial score (nSPS) is 15.4. The Bertz CT molecular complexity index is 343. The molecule has 7 heteroatoms. The van der Waals surface area contributed by atoms with Crippen LogP contribution in [0.15, 0.2) is 0 Å². The fourth-order valence-electron chi connectivity index (χ4n) is 1.37. The lowest BCUT2D eigenvalue weighted by Crippen LogP contribution is -2.46. The van der Waals surface area contributed by atoms with Crippen molar-refractivity contribution in [2.75, 3.05) is 6.61 Å². The van der Waals surface area contributed by atoms with E-state index < -0.39 is 35.4 Å². The van der Waals surface area contributed by atoms with E-state index in [9.17, 15) is 4.79 Å². The highest BCUT2D eigenvalue weighted by Gasteiger charge is 2.34. The zero-order chi connectivity index (χ0) is 19.0. The second-order valence-corrected chi connectivity index (χ2v) is 7.86. The van der Waals surface area contributed by atoms with Gasteiger partial charge in [0.05, 0.1) is 17.8 Å². The van der Waals surface area contributed by atoms with Crippen LogP contribution < -0.4 is 5.73 Å². The molecule has 0 aromatic carbocycles. The zero-order valence-electron chi connectivity index (χ0n) is 16.4. The van der Waals surface area contributed by atoms with Gasteiger partial charge in [-0.05, 0) is 48.0 Å². The third kappa shape index (κ3) is 10.9. The van der Waals surface area contributed by atoms with Gasteiger partial charge in [-0.2, -0.15) is 0 Å². The van der Waals surface area contributed by atoms with Crippen molar-refractivity contribution in [1.29, 1.82) is 0 Å². The van der Waals surface area contributed by atoms with Crippen LogP contribution in [0.3, 0.4) is 0 Å². The summed E-state index contributed by atoms with van der Waals surface area (Å²) >= 11 is 0. The summed E-state index contributed by atoms with van der Waals surface area (Å²) in [6.45, 7) is 15.1. The smallest absolute Gasteiger partial charge is 0.323 e. The van der Waals surface area contributed by atoms with Gasteiger partial charge in [0.2, 0.25) is 6.29 Å². The summed E-state index contributed by atoms with van der Waals surface area (Å²) in [6, 6.07) is -0.918. The van der Waals surface area contributed by atoms with Gasteiger partial charge < -0.3 is 10.5 Å². The number of carbonyl (C=O) groups is 1. The van der Waals surface area contributed by atoms with E-state index in [4.69, 9.17) is 30.0 Å². The maximum Gasteiger partial charge on any atom is 0.323 e. The first-order valence-electron chi connectivity index (χ1n) is 8.48. The number of nitrogens with two attached hydrogens (primary N) is 1. The van der Waals surface area contributed by atoms with Crippen LogP contribution in [0.5, 0.6) is 0 Å². The number of esters is 1. The molecule has 0 bridgehead atoms. The fraction of sp³-hybridized carbons (Fsp3) is 0.941. The average Bonchev–Trinajstić information content (AvgIpc) is 2.43. The summed E-state index contributed by atoms with van der Waals surface area (Å²) in [6.07, 6.45) is 0.757. The molecule has 0 aliphatic carbocycles. The van der Waals surface area contributed by atoms with Crippen LogP contribution in [0, 0.1) is 5.92 Å². The number of carbonyl (C=O) groups excluding carboxylic acids is 1. The summed E-state index contributed by atoms with van der Waals surface area (Å²) in [5.74, 6) is -1.04.